The van der Waals surface area contributed by atoms with Crippen molar-refractivity contribution >= 4 is 30.4 Å². The minimum Gasteiger partial charge on any atom is -0.266 e. The summed E-state index contributed by atoms with van der Waals surface area (Å²) in [6, 6.07) is 17.8. The first-order chi connectivity index (χ1) is 17.6. The molecule has 0 saturated carbocycles. The molecule has 3 aromatic rings. The fourth-order valence-electron chi connectivity index (χ4n) is 3.10. The molecule has 0 bridgehead atoms. The molecule has 206 valence electrons. The van der Waals surface area contributed by atoms with E-state index in [1.807, 2.05) is 0 Å². The van der Waals surface area contributed by atoms with Crippen LogP contribution >= 0.6 is 0 Å². The van der Waals surface area contributed by atoms with E-state index >= 15 is 0 Å². The number of benzene rings is 3. The van der Waals surface area contributed by atoms with Gasteiger partial charge in [-0.1, -0.05) is 60.0 Å². The summed E-state index contributed by atoms with van der Waals surface area (Å²) < 4.78 is 92.2. The maximum atomic E-state index is 12.8. The molecule has 12 heteroatoms. The van der Waals surface area contributed by atoms with Crippen molar-refractivity contribution in [2.45, 2.75) is 42.4 Å². The number of aryl methyl sites for hydroxylation is 3. The lowest BCUT2D eigenvalue weighted by molar-refractivity contribution is 0.0548. The van der Waals surface area contributed by atoms with Crippen LogP contribution in [0.5, 0.6) is 0 Å². The summed E-state index contributed by atoms with van der Waals surface area (Å²) in [4.78, 5) is -0.314. The van der Waals surface area contributed by atoms with Gasteiger partial charge in [0.15, 0.2) is 0 Å². The van der Waals surface area contributed by atoms with Crippen LogP contribution in [0.1, 0.15) is 23.6 Å². The van der Waals surface area contributed by atoms with Crippen LogP contribution in [0.3, 0.4) is 0 Å². The lowest BCUT2D eigenvalue weighted by atomic mass is 9.95. The molecule has 0 amide bonds. The number of rotatable bonds is 12. The molecule has 0 spiro atoms. The molecule has 0 saturated heterocycles. The van der Waals surface area contributed by atoms with Gasteiger partial charge in [-0.3, -0.25) is 12.5 Å². The van der Waals surface area contributed by atoms with Gasteiger partial charge in [0, 0.05) is 5.41 Å². The zero-order valence-electron chi connectivity index (χ0n) is 21.4. The standard InChI is InChI=1S/C26H30O9S3/c1-20-5-11-23(12-6-20)36(27,28)33-17-26(4,18-34-37(29,30)24-13-7-21(2)8-14-24)19-35-38(31,32)25-15-9-22(3)10-16-25/h5-16H,17-19H2,1-4H3. The molecule has 3 aromatic carbocycles. The molecule has 0 aliphatic rings. The average Bonchev–Trinajstić information content (AvgIpc) is 2.86. The molecule has 0 fully saturated rings. The lowest BCUT2D eigenvalue weighted by Gasteiger charge is -2.28. The van der Waals surface area contributed by atoms with Crippen molar-refractivity contribution in [2.24, 2.45) is 5.41 Å². The Bertz CT molecular complexity index is 1370. The van der Waals surface area contributed by atoms with Crippen molar-refractivity contribution in [2.75, 3.05) is 19.8 Å². The summed E-state index contributed by atoms with van der Waals surface area (Å²) in [5.74, 6) is 0. The van der Waals surface area contributed by atoms with Crippen LogP contribution in [0.2, 0.25) is 0 Å². The highest BCUT2D eigenvalue weighted by Crippen LogP contribution is 2.26. The lowest BCUT2D eigenvalue weighted by Crippen LogP contribution is -2.37. The molecular weight excluding hydrogens is 552 g/mol. The third-order valence-corrected chi connectivity index (χ3v) is 9.45. The first-order valence-electron chi connectivity index (χ1n) is 11.5. The van der Waals surface area contributed by atoms with Crippen LogP contribution in [0.15, 0.2) is 87.5 Å². The van der Waals surface area contributed by atoms with Gasteiger partial charge < -0.3 is 0 Å². The van der Waals surface area contributed by atoms with Crippen LogP contribution in [-0.2, 0) is 42.9 Å². The highest BCUT2D eigenvalue weighted by molar-refractivity contribution is 7.87. The maximum absolute atomic E-state index is 12.8. The van der Waals surface area contributed by atoms with E-state index in [0.29, 0.717) is 0 Å². The van der Waals surface area contributed by atoms with Gasteiger partial charge in [0.1, 0.15) is 0 Å². The van der Waals surface area contributed by atoms with E-state index in [1.165, 1.54) is 43.3 Å². The smallest absolute Gasteiger partial charge is 0.266 e. The Kier molecular flexibility index (Phi) is 9.17. The van der Waals surface area contributed by atoms with Crippen molar-refractivity contribution in [1.29, 1.82) is 0 Å². The van der Waals surface area contributed by atoms with Crippen LogP contribution in [0.4, 0.5) is 0 Å². The first-order valence-corrected chi connectivity index (χ1v) is 15.7. The maximum Gasteiger partial charge on any atom is 0.296 e. The zero-order chi connectivity index (χ0) is 28.2. The van der Waals surface area contributed by atoms with Gasteiger partial charge in [0.2, 0.25) is 0 Å². The molecule has 0 unspecified atom stereocenters. The summed E-state index contributed by atoms with van der Waals surface area (Å²) in [6.45, 7) is 4.96. The topological polar surface area (TPSA) is 130 Å². The van der Waals surface area contributed by atoms with E-state index < -0.39 is 55.6 Å². The molecule has 0 aliphatic heterocycles. The molecule has 38 heavy (non-hydrogen) atoms. The summed E-state index contributed by atoms with van der Waals surface area (Å²) in [5, 5.41) is 0. The van der Waals surface area contributed by atoms with Crippen molar-refractivity contribution in [3.05, 3.63) is 89.5 Å². The van der Waals surface area contributed by atoms with E-state index in [2.05, 4.69) is 0 Å². The van der Waals surface area contributed by atoms with E-state index in [4.69, 9.17) is 12.5 Å². The van der Waals surface area contributed by atoms with Gasteiger partial charge in [0.25, 0.3) is 30.4 Å². The van der Waals surface area contributed by atoms with Gasteiger partial charge in [-0.2, -0.15) is 25.3 Å². The SMILES string of the molecule is Cc1ccc(S(=O)(=O)OCC(C)(COS(=O)(=O)c2ccc(C)cc2)COS(=O)(=O)c2ccc(C)cc2)cc1. The van der Waals surface area contributed by atoms with Crippen molar-refractivity contribution in [1.82, 2.24) is 0 Å². The Balaban J connectivity index is 1.83. The monoisotopic (exact) mass is 582 g/mol. The molecule has 0 atom stereocenters. The molecule has 9 nitrogen and oxygen atoms in total. The van der Waals surface area contributed by atoms with Gasteiger partial charge >= 0.3 is 0 Å². The molecule has 0 N–H and O–H groups in total. The predicted molar refractivity (Wildman–Crippen MR) is 141 cm³/mol. The Morgan fingerprint density at radius 3 is 0.895 bits per heavy atom. The van der Waals surface area contributed by atoms with Crippen molar-refractivity contribution in [3.63, 3.8) is 0 Å². The normalized spacial score (nSPS) is 12.9. The molecular formula is C26H30O9S3. The third-order valence-electron chi connectivity index (χ3n) is 5.62. The van der Waals surface area contributed by atoms with Gasteiger partial charge in [0.05, 0.1) is 34.5 Å². The molecule has 0 aromatic heterocycles. The highest BCUT2D eigenvalue weighted by atomic mass is 32.2. The number of hydrogen-bond acceptors (Lipinski definition) is 9. The fourth-order valence-corrected chi connectivity index (χ4v) is 6.24. The first kappa shape index (κ1) is 29.9. The van der Waals surface area contributed by atoms with Gasteiger partial charge in [-0.15, -0.1) is 0 Å². The van der Waals surface area contributed by atoms with Gasteiger partial charge in [-0.25, -0.2) is 0 Å². The third kappa shape index (κ3) is 7.95. The number of hydrogen-bond donors (Lipinski definition) is 0. The summed E-state index contributed by atoms with van der Waals surface area (Å²) in [7, 11) is -12.7. The van der Waals surface area contributed by atoms with Crippen molar-refractivity contribution in [3.8, 4) is 0 Å². The highest BCUT2D eigenvalue weighted by Gasteiger charge is 2.34. The quantitative estimate of drug-likeness (QED) is 0.289. The molecule has 0 aliphatic carbocycles. The average molecular weight is 583 g/mol. The van der Waals surface area contributed by atoms with E-state index in [0.717, 1.165) is 16.7 Å². The van der Waals surface area contributed by atoms with Crippen LogP contribution in [0, 0.1) is 26.2 Å². The minimum atomic E-state index is -4.24. The fraction of sp³-hybridized carbons (Fsp3) is 0.308. The Morgan fingerprint density at radius 1 is 0.474 bits per heavy atom. The summed E-state index contributed by atoms with van der Waals surface area (Å²) in [6.07, 6.45) is 0. The Hall–Kier alpha value is -2.61. The second-order valence-electron chi connectivity index (χ2n) is 9.40. The van der Waals surface area contributed by atoms with Crippen molar-refractivity contribution < 1.29 is 37.8 Å². The van der Waals surface area contributed by atoms with Gasteiger partial charge in [-0.05, 0) is 57.2 Å². The second-order valence-corrected chi connectivity index (χ2v) is 14.2. The molecule has 0 heterocycles. The van der Waals surface area contributed by atoms with Crippen LogP contribution < -0.4 is 0 Å². The van der Waals surface area contributed by atoms with E-state index in [-0.39, 0.29) is 14.7 Å². The molecule has 0 radical (unpaired) electrons. The Morgan fingerprint density at radius 2 is 0.684 bits per heavy atom. The summed E-state index contributed by atoms with van der Waals surface area (Å²) in [5.41, 5.74) is 1.03. The Labute approximate surface area is 224 Å². The van der Waals surface area contributed by atoms with E-state index in [1.54, 1.807) is 57.2 Å². The summed E-state index contributed by atoms with van der Waals surface area (Å²) >= 11 is 0. The minimum absolute atomic E-state index is 0.105. The van der Waals surface area contributed by atoms with Crippen LogP contribution in [0.25, 0.3) is 0 Å². The van der Waals surface area contributed by atoms with Crippen LogP contribution in [-0.4, -0.2) is 45.1 Å². The molecule has 3 rings (SSSR count). The zero-order valence-corrected chi connectivity index (χ0v) is 23.9. The van der Waals surface area contributed by atoms with E-state index in [9.17, 15) is 25.3 Å². The second kappa shape index (κ2) is 11.6. The predicted octanol–water partition coefficient (Wildman–Crippen LogP) is 4.13. The largest absolute Gasteiger partial charge is 0.296 e.